The minimum absolute atomic E-state index is 0.0643. The van der Waals surface area contributed by atoms with Gasteiger partial charge in [0, 0.05) is 12.5 Å². The molecule has 2 heteroatoms. The van der Waals surface area contributed by atoms with Crippen molar-refractivity contribution in [2.45, 2.75) is 56.7 Å². The Bertz CT molecular complexity index is 429. The molecule has 0 saturated heterocycles. The Morgan fingerprint density at radius 1 is 1.29 bits per heavy atom. The van der Waals surface area contributed by atoms with Crippen molar-refractivity contribution in [2.75, 3.05) is 0 Å². The molecule has 0 aliphatic heterocycles. The van der Waals surface area contributed by atoms with Gasteiger partial charge >= 0.3 is 0 Å². The molecule has 0 radical (unpaired) electrons. The molecule has 1 aromatic rings. The number of aryl methyl sites for hydroxylation is 2. The third kappa shape index (κ3) is 2.23. The average molecular weight is 233 g/mol. The summed E-state index contributed by atoms with van der Waals surface area (Å²) in [6.07, 6.45) is 6.17. The molecule has 2 atom stereocenters. The number of hydrogen-bond donors (Lipinski definition) is 1. The monoisotopic (exact) mass is 233 g/mol. The third-order valence-corrected chi connectivity index (χ3v) is 4.28. The SMILES string of the molecule is NC1CCC(F)(Cc2ccc3c(c2)CCC3)C1. The van der Waals surface area contributed by atoms with Crippen LogP contribution in [0.5, 0.6) is 0 Å². The third-order valence-electron chi connectivity index (χ3n) is 4.28. The van der Waals surface area contributed by atoms with Crippen molar-refractivity contribution >= 4 is 0 Å². The zero-order valence-corrected chi connectivity index (χ0v) is 10.2. The number of benzene rings is 1. The molecule has 92 valence electrons. The molecule has 1 aromatic carbocycles. The number of halogens is 1. The number of fused-ring (bicyclic) bond motifs is 1. The van der Waals surface area contributed by atoms with Crippen LogP contribution in [0.2, 0.25) is 0 Å². The minimum atomic E-state index is -1.05. The number of alkyl halides is 1. The maximum atomic E-state index is 14.5. The van der Waals surface area contributed by atoms with Gasteiger partial charge in [-0.2, -0.15) is 0 Å². The lowest BCUT2D eigenvalue weighted by atomic mass is 9.93. The molecule has 2 N–H and O–H groups in total. The molecular formula is C15H20FN. The van der Waals surface area contributed by atoms with Crippen LogP contribution in [0.15, 0.2) is 18.2 Å². The summed E-state index contributed by atoms with van der Waals surface area (Å²) in [7, 11) is 0. The highest BCUT2D eigenvalue weighted by Crippen LogP contribution is 2.36. The first kappa shape index (κ1) is 11.2. The summed E-state index contributed by atoms with van der Waals surface area (Å²) in [5.74, 6) is 0. The van der Waals surface area contributed by atoms with Crippen LogP contribution in [0.25, 0.3) is 0 Å². The van der Waals surface area contributed by atoms with Crippen LogP contribution in [0.3, 0.4) is 0 Å². The average Bonchev–Trinajstić information content (AvgIpc) is 2.85. The zero-order chi connectivity index (χ0) is 11.9. The molecule has 1 fully saturated rings. The molecule has 1 saturated carbocycles. The van der Waals surface area contributed by atoms with Gasteiger partial charge in [0.15, 0.2) is 0 Å². The van der Waals surface area contributed by atoms with Crippen LogP contribution >= 0.6 is 0 Å². The Morgan fingerprint density at radius 2 is 2.12 bits per heavy atom. The lowest BCUT2D eigenvalue weighted by Crippen LogP contribution is -2.25. The number of nitrogens with two attached hydrogens (primary N) is 1. The summed E-state index contributed by atoms with van der Waals surface area (Å²) in [4.78, 5) is 0. The second kappa shape index (κ2) is 4.09. The number of rotatable bonds is 2. The highest BCUT2D eigenvalue weighted by molar-refractivity contribution is 5.36. The van der Waals surface area contributed by atoms with E-state index in [1.165, 1.54) is 30.4 Å². The molecule has 2 aliphatic carbocycles. The second-order valence-electron chi connectivity index (χ2n) is 5.79. The van der Waals surface area contributed by atoms with Crippen molar-refractivity contribution in [3.63, 3.8) is 0 Å². The molecule has 2 unspecified atom stereocenters. The predicted molar refractivity (Wildman–Crippen MR) is 67.8 cm³/mol. The van der Waals surface area contributed by atoms with Gasteiger partial charge in [-0.25, -0.2) is 4.39 Å². The predicted octanol–water partition coefficient (Wildman–Crippen LogP) is 2.94. The lowest BCUT2D eigenvalue weighted by molar-refractivity contribution is 0.170. The Balaban J connectivity index is 1.77. The van der Waals surface area contributed by atoms with Crippen LogP contribution in [-0.2, 0) is 19.3 Å². The van der Waals surface area contributed by atoms with E-state index in [1.54, 1.807) is 0 Å². The van der Waals surface area contributed by atoms with Gasteiger partial charge in [-0.05, 0) is 55.2 Å². The van der Waals surface area contributed by atoms with Gasteiger partial charge in [0.25, 0.3) is 0 Å². The number of hydrogen-bond acceptors (Lipinski definition) is 1. The Hall–Kier alpha value is -0.890. The van der Waals surface area contributed by atoms with Crippen LogP contribution in [0.1, 0.15) is 42.4 Å². The van der Waals surface area contributed by atoms with E-state index in [-0.39, 0.29) is 6.04 Å². The maximum absolute atomic E-state index is 14.5. The molecule has 0 heterocycles. The first-order valence-electron chi connectivity index (χ1n) is 6.70. The molecule has 3 rings (SSSR count). The van der Waals surface area contributed by atoms with E-state index in [4.69, 9.17) is 5.73 Å². The lowest BCUT2D eigenvalue weighted by Gasteiger charge is -2.19. The van der Waals surface area contributed by atoms with E-state index in [0.29, 0.717) is 19.3 Å². The normalized spacial score (nSPS) is 31.8. The molecular weight excluding hydrogens is 213 g/mol. The zero-order valence-electron chi connectivity index (χ0n) is 10.2. The molecule has 1 nitrogen and oxygen atoms in total. The second-order valence-corrected chi connectivity index (χ2v) is 5.79. The van der Waals surface area contributed by atoms with Crippen LogP contribution in [0, 0.1) is 0 Å². The topological polar surface area (TPSA) is 26.0 Å². The first-order chi connectivity index (χ1) is 8.15. The summed E-state index contributed by atoms with van der Waals surface area (Å²) >= 11 is 0. The van der Waals surface area contributed by atoms with Crippen molar-refractivity contribution in [3.8, 4) is 0 Å². The van der Waals surface area contributed by atoms with E-state index in [9.17, 15) is 4.39 Å². The van der Waals surface area contributed by atoms with Crippen molar-refractivity contribution in [1.29, 1.82) is 0 Å². The molecule has 0 spiro atoms. The fraction of sp³-hybridized carbons (Fsp3) is 0.600. The Labute approximate surface area is 102 Å². The molecule has 0 amide bonds. The molecule has 0 bridgehead atoms. The van der Waals surface area contributed by atoms with Crippen molar-refractivity contribution in [2.24, 2.45) is 5.73 Å². The van der Waals surface area contributed by atoms with Crippen LogP contribution < -0.4 is 5.73 Å². The van der Waals surface area contributed by atoms with Gasteiger partial charge in [-0.15, -0.1) is 0 Å². The van der Waals surface area contributed by atoms with E-state index in [2.05, 4.69) is 18.2 Å². The van der Waals surface area contributed by atoms with Crippen LogP contribution in [0.4, 0.5) is 4.39 Å². The van der Waals surface area contributed by atoms with Crippen LogP contribution in [-0.4, -0.2) is 11.7 Å². The van der Waals surface area contributed by atoms with E-state index >= 15 is 0 Å². The maximum Gasteiger partial charge on any atom is 0.116 e. The van der Waals surface area contributed by atoms with Crippen molar-refractivity contribution < 1.29 is 4.39 Å². The highest BCUT2D eigenvalue weighted by atomic mass is 19.1. The van der Waals surface area contributed by atoms with Gasteiger partial charge in [-0.3, -0.25) is 0 Å². The summed E-state index contributed by atoms with van der Waals surface area (Å²) in [6.45, 7) is 0. The minimum Gasteiger partial charge on any atom is -0.328 e. The van der Waals surface area contributed by atoms with Gasteiger partial charge in [-0.1, -0.05) is 18.2 Å². The summed E-state index contributed by atoms with van der Waals surface area (Å²) in [5, 5.41) is 0. The van der Waals surface area contributed by atoms with Crippen molar-refractivity contribution in [3.05, 3.63) is 34.9 Å². The molecule has 17 heavy (non-hydrogen) atoms. The first-order valence-corrected chi connectivity index (χ1v) is 6.70. The molecule has 2 aliphatic rings. The van der Waals surface area contributed by atoms with Gasteiger partial charge in [0.05, 0.1) is 0 Å². The van der Waals surface area contributed by atoms with Gasteiger partial charge in [0.1, 0.15) is 5.67 Å². The molecule has 0 aromatic heterocycles. The Kier molecular flexibility index (Phi) is 2.70. The highest BCUT2D eigenvalue weighted by Gasteiger charge is 2.37. The van der Waals surface area contributed by atoms with E-state index in [1.807, 2.05) is 0 Å². The Morgan fingerprint density at radius 3 is 2.88 bits per heavy atom. The van der Waals surface area contributed by atoms with Gasteiger partial charge in [0.2, 0.25) is 0 Å². The standard InChI is InChI=1S/C15H20FN/c16-15(7-6-14(17)10-15)9-11-4-5-12-2-1-3-13(12)8-11/h4-5,8,14H,1-3,6-7,9-10,17H2. The fourth-order valence-corrected chi connectivity index (χ4v) is 3.38. The van der Waals surface area contributed by atoms with E-state index in [0.717, 1.165) is 12.0 Å². The van der Waals surface area contributed by atoms with E-state index < -0.39 is 5.67 Å². The van der Waals surface area contributed by atoms with Crippen molar-refractivity contribution in [1.82, 2.24) is 0 Å². The fourth-order valence-electron chi connectivity index (χ4n) is 3.38. The largest absolute Gasteiger partial charge is 0.328 e. The van der Waals surface area contributed by atoms with Gasteiger partial charge < -0.3 is 5.73 Å². The smallest absolute Gasteiger partial charge is 0.116 e. The quantitative estimate of drug-likeness (QED) is 0.835. The summed E-state index contributed by atoms with van der Waals surface area (Å²) in [6, 6.07) is 6.58. The summed E-state index contributed by atoms with van der Waals surface area (Å²) in [5.41, 5.74) is 8.82. The summed E-state index contributed by atoms with van der Waals surface area (Å²) < 4.78 is 14.5.